The maximum absolute atomic E-state index is 12.1. The molecule has 0 aliphatic rings. The molecule has 1 N–H and O–H groups in total. The van der Waals surface area contributed by atoms with Crippen molar-refractivity contribution in [2.75, 3.05) is 12.4 Å². The summed E-state index contributed by atoms with van der Waals surface area (Å²) in [7, 11) is 1.55. The number of nitrogens with one attached hydrogen (secondary N) is 1. The lowest BCUT2D eigenvalue weighted by Crippen LogP contribution is -2.13. The second-order valence-corrected chi connectivity index (χ2v) is 4.96. The van der Waals surface area contributed by atoms with Crippen LogP contribution in [-0.4, -0.2) is 23.0 Å². The van der Waals surface area contributed by atoms with Crippen LogP contribution < -0.4 is 10.1 Å². The van der Waals surface area contributed by atoms with Crippen LogP contribution in [0.3, 0.4) is 0 Å². The van der Waals surface area contributed by atoms with Crippen LogP contribution in [0.25, 0.3) is 10.2 Å². The monoisotopic (exact) mass is 285 g/mol. The molecule has 100 valence electrons. The molecular weight excluding hydrogens is 274 g/mol. The number of methoxy groups -OCH3 is 1. The Balaban J connectivity index is 1.83. The number of ether oxygens (including phenoxy) is 1. The molecule has 0 fully saturated rings. The Bertz CT molecular complexity index is 770. The summed E-state index contributed by atoms with van der Waals surface area (Å²) in [5.41, 5.74) is 3.65. The van der Waals surface area contributed by atoms with Gasteiger partial charge >= 0.3 is 0 Å². The zero-order chi connectivity index (χ0) is 13.9. The van der Waals surface area contributed by atoms with Gasteiger partial charge in [0.1, 0.15) is 11.4 Å². The van der Waals surface area contributed by atoms with E-state index < -0.39 is 0 Å². The van der Waals surface area contributed by atoms with Gasteiger partial charge in [-0.25, -0.2) is 4.98 Å². The molecule has 0 atom stereocenters. The van der Waals surface area contributed by atoms with Gasteiger partial charge < -0.3 is 10.1 Å². The highest BCUT2D eigenvalue weighted by molar-refractivity contribution is 7.16. The second-order valence-electron chi connectivity index (χ2n) is 4.07. The summed E-state index contributed by atoms with van der Waals surface area (Å²) < 4.78 is 6.16. The zero-order valence-corrected chi connectivity index (χ0v) is 11.5. The van der Waals surface area contributed by atoms with Gasteiger partial charge in [0.15, 0.2) is 0 Å². The molecule has 3 rings (SSSR count). The number of carbonyl (C=O) groups is 1. The average molecular weight is 285 g/mol. The third kappa shape index (κ3) is 2.46. The van der Waals surface area contributed by atoms with Crippen LogP contribution in [0.5, 0.6) is 5.75 Å². The number of anilines is 1. The minimum absolute atomic E-state index is 0.279. The number of pyridine rings is 1. The number of carbonyl (C=O) groups excluding carboxylic acids is 1. The summed E-state index contributed by atoms with van der Waals surface area (Å²) in [4.78, 5) is 20.4. The van der Waals surface area contributed by atoms with Gasteiger partial charge in [-0.15, -0.1) is 11.3 Å². The van der Waals surface area contributed by atoms with Crippen LogP contribution in [0.2, 0.25) is 0 Å². The predicted octanol–water partition coefficient (Wildman–Crippen LogP) is 2.95. The molecular formula is C14H11N3O2S. The largest absolute Gasteiger partial charge is 0.497 e. The van der Waals surface area contributed by atoms with Crippen molar-refractivity contribution in [2.45, 2.75) is 0 Å². The number of nitrogens with zero attached hydrogens (tertiary/aromatic N) is 2. The molecule has 0 aliphatic heterocycles. The smallest absolute Gasteiger partial charge is 0.274 e. The van der Waals surface area contributed by atoms with E-state index in [9.17, 15) is 4.79 Å². The van der Waals surface area contributed by atoms with Gasteiger partial charge in [-0.1, -0.05) is 0 Å². The molecule has 2 heterocycles. The number of aromatic nitrogens is 2. The van der Waals surface area contributed by atoms with Gasteiger partial charge in [0.05, 0.1) is 22.8 Å². The van der Waals surface area contributed by atoms with E-state index in [0.717, 1.165) is 10.2 Å². The Hall–Kier alpha value is -2.47. The molecule has 0 saturated heterocycles. The van der Waals surface area contributed by atoms with E-state index in [0.29, 0.717) is 17.1 Å². The van der Waals surface area contributed by atoms with Crippen molar-refractivity contribution in [3.63, 3.8) is 0 Å². The lowest BCUT2D eigenvalue weighted by Gasteiger charge is -2.05. The van der Waals surface area contributed by atoms with Crippen LogP contribution in [0.15, 0.2) is 42.0 Å². The average Bonchev–Trinajstić information content (AvgIpc) is 2.95. The molecule has 1 amide bonds. The Kier molecular flexibility index (Phi) is 3.30. The third-order valence-corrected chi connectivity index (χ3v) is 3.60. The maximum atomic E-state index is 12.1. The van der Waals surface area contributed by atoms with Crippen LogP contribution in [0.4, 0.5) is 5.69 Å². The van der Waals surface area contributed by atoms with Crippen LogP contribution in [0.1, 0.15) is 10.5 Å². The SMILES string of the molecule is COc1ccnc(C(=O)Nc2ccc3scnc3c2)c1. The fourth-order valence-electron chi connectivity index (χ4n) is 1.79. The summed E-state index contributed by atoms with van der Waals surface area (Å²) in [5, 5.41) is 2.80. The van der Waals surface area contributed by atoms with Crippen molar-refractivity contribution in [3.8, 4) is 5.75 Å². The Morgan fingerprint density at radius 2 is 2.15 bits per heavy atom. The summed E-state index contributed by atoms with van der Waals surface area (Å²) in [6, 6.07) is 8.90. The van der Waals surface area contributed by atoms with Crippen molar-refractivity contribution in [3.05, 3.63) is 47.7 Å². The number of benzene rings is 1. The Morgan fingerprint density at radius 1 is 1.25 bits per heavy atom. The summed E-state index contributed by atoms with van der Waals surface area (Å²) >= 11 is 1.56. The van der Waals surface area contributed by atoms with E-state index in [1.54, 1.807) is 36.1 Å². The first kappa shape index (κ1) is 12.6. The lowest BCUT2D eigenvalue weighted by molar-refractivity contribution is 0.102. The first-order valence-electron chi connectivity index (χ1n) is 5.91. The van der Waals surface area contributed by atoms with E-state index in [2.05, 4.69) is 15.3 Å². The first-order chi connectivity index (χ1) is 9.76. The van der Waals surface area contributed by atoms with E-state index >= 15 is 0 Å². The zero-order valence-electron chi connectivity index (χ0n) is 10.7. The molecule has 0 radical (unpaired) electrons. The minimum Gasteiger partial charge on any atom is -0.497 e. The predicted molar refractivity (Wildman–Crippen MR) is 78.4 cm³/mol. The quantitative estimate of drug-likeness (QED) is 0.803. The Morgan fingerprint density at radius 3 is 3.00 bits per heavy atom. The van der Waals surface area contributed by atoms with E-state index in [-0.39, 0.29) is 5.91 Å². The summed E-state index contributed by atoms with van der Waals surface area (Å²) in [6.07, 6.45) is 1.54. The van der Waals surface area contributed by atoms with E-state index in [4.69, 9.17) is 4.74 Å². The minimum atomic E-state index is -0.279. The van der Waals surface area contributed by atoms with Crippen molar-refractivity contribution in [1.82, 2.24) is 9.97 Å². The van der Waals surface area contributed by atoms with Crippen molar-refractivity contribution in [2.24, 2.45) is 0 Å². The lowest BCUT2D eigenvalue weighted by atomic mass is 10.2. The molecule has 0 unspecified atom stereocenters. The number of amides is 1. The normalized spacial score (nSPS) is 10.4. The molecule has 0 aliphatic carbocycles. The maximum Gasteiger partial charge on any atom is 0.274 e. The van der Waals surface area contributed by atoms with Gasteiger partial charge in [-0.3, -0.25) is 9.78 Å². The number of hydrogen-bond acceptors (Lipinski definition) is 5. The van der Waals surface area contributed by atoms with Crippen molar-refractivity contribution >= 4 is 33.1 Å². The molecule has 0 saturated carbocycles. The Labute approximate surface area is 119 Å². The van der Waals surface area contributed by atoms with Crippen LogP contribution in [-0.2, 0) is 0 Å². The summed E-state index contributed by atoms with van der Waals surface area (Å²) in [5.74, 6) is 0.318. The standard InChI is InChI=1S/C14H11N3O2S/c1-19-10-4-5-15-12(7-10)14(18)17-9-2-3-13-11(6-9)16-8-20-13/h2-8H,1H3,(H,17,18). The van der Waals surface area contributed by atoms with Crippen LogP contribution >= 0.6 is 11.3 Å². The molecule has 3 aromatic rings. The van der Waals surface area contributed by atoms with Gasteiger partial charge in [0.2, 0.25) is 0 Å². The summed E-state index contributed by atoms with van der Waals surface area (Å²) in [6.45, 7) is 0. The van der Waals surface area contributed by atoms with Gasteiger partial charge in [0.25, 0.3) is 5.91 Å². The second kappa shape index (κ2) is 5.26. The highest BCUT2D eigenvalue weighted by Gasteiger charge is 2.09. The molecule has 6 heteroatoms. The van der Waals surface area contributed by atoms with Gasteiger partial charge in [-0.05, 0) is 24.3 Å². The van der Waals surface area contributed by atoms with E-state index in [1.807, 2.05) is 18.2 Å². The number of thiazole rings is 1. The van der Waals surface area contributed by atoms with Crippen molar-refractivity contribution in [1.29, 1.82) is 0 Å². The molecule has 1 aromatic carbocycles. The van der Waals surface area contributed by atoms with E-state index in [1.165, 1.54) is 6.20 Å². The molecule has 20 heavy (non-hydrogen) atoms. The first-order valence-corrected chi connectivity index (χ1v) is 6.79. The molecule has 0 bridgehead atoms. The fourth-order valence-corrected chi connectivity index (χ4v) is 2.45. The highest BCUT2D eigenvalue weighted by Crippen LogP contribution is 2.22. The highest BCUT2D eigenvalue weighted by atomic mass is 32.1. The van der Waals surface area contributed by atoms with Crippen LogP contribution in [0, 0.1) is 0 Å². The number of rotatable bonds is 3. The number of hydrogen-bond donors (Lipinski definition) is 1. The molecule has 5 nitrogen and oxygen atoms in total. The molecule has 0 spiro atoms. The third-order valence-electron chi connectivity index (χ3n) is 2.79. The van der Waals surface area contributed by atoms with Crippen molar-refractivity contribution < 1.29 is 9.53 Å². The number of fused-ring (bicyclic) bond motifs is 1. The van der Waals surface area contributed by atoms with Gasteiger partial charge in [0, 0.05) is 18.0 Å². The fraction of sp³-hybridized carbons (Fsp3) is 0.0714. The van der Waals surface area contributed by atoms with Gasteiger partial charge in [-0.2, -0.15) is 0 Å². The topological polar surface area (TPSA) is 64.1 Å². The molecule has 2 aromatic heterocycles.